The summed E-state index contributed by atoms with van der Waals surface area (Å²) < 4.78 is 8.73. The zero-order chi connectivity index (χ0) is 25.5. The van der Waals surface area contributed by atoms with Crippen LogP contribution in [-0.4, -0.2) is 10.6 Å². The van der Waals surface area contributed by atoms with Crippen LogP contribution in [0.4, 0.5) is 11.4 Å². The van der Waals surface area contributed by atoms with E-state index in [0.717, 1.165) is 21.9 Å². The van der Waals surface area contributed by atoms with Crippen molar-refractivity contribution in [1.82, 2.24) is 4.57 Å². The molecule has 0 amide bonds. The molecule has 5 aromatic carbocycles. The second kappa shape index (κ2) is 7.75. The molecule has 0 bridgehead atoms. The maximum atomic E-state index is 6.32. The third-order valence-electron chi connectivity index (χ3n) is 8.50. The van der Waals surface area contributed by atoms with Crippen molar-refractivity contribution in [3.8, 4) is 0 Å². The fraction of sp³-hybridized carbons (Fsp3) is 0.0556. The summed E-state index contributed by atoms with van der Waals surface area (Å²) in [5.41, 5.74) is 9.31. The minimum atomic E-state index is 0.240. The summed E-state index contributed by atoms with van der Waals surface area (Å²) in [5.74, 6) is 0.257. The Bertz CT molecular complexity index is 2140. The third-order valence-corrected chi connectivity index (χ3v) is 8.50. The van der Waals surface area contributed by atoms with Gasteiger partial charge >= 0.3 is 0 Å². The lowest BCUT2D eigenvalue weighted by atomic mass is 9.90. The first-order chi connectivity index (χ1) is 19.3. The van der Waals surface area contributed by atoms with Crippen LogP contribution >= 0.6 is 0 Å². The highest BCUT2D eigenvalue weighted by atomic mass is 16.3. The number of benzene rings is 5. The second-order valence-corrected chi connectivity index (χ2v) is 10.5. The van der Waals surface area contributed by atoms with Crippen LogP contribution in [0.5, 0.6) is 0 Å². The summed E-state index contributed by atoms with van der Waals surface area (Å²) in [4.78, 5) is 2.48. The van der Waals surface area contributed by atoms with E-state index in [4.69, 9.17) is 4.42 Å². The Morgan fingerprint density at radius 3 is 2.28 bits per heavy atom. The predicted octanol–water partition coefficient (Wildman–Crippen LogP) is 9.41. The van der Waals surface area contributed by atoms with E-state index < -0.39 is 0 Å². The van der Waals surface area contributed by atoms with Crippen molar-refractivity contribution < 1.29 is 4.42 Å². The van der Waals surface area contributed by atoms with E-state index in [1.54, 1.807) is 0 Å². The van der Waals surface area contributed by atoms with E-state index in [1.165, 1.54) is 44.4 Å². The van der Waals surface area contributed by atoms with E-state index in [2.05, 4.69) is 137 Å². The van der Waals surface area contributed by atoms with Gasteiger partial charge in [-0.05, 0) is 48.0 Å². The molecular weight excluding hydrogens is 476 g/mol. The van der Waals surface area contributed by atoms with Gasteiger partial charge in [0.25, 0.3) is 0 Å². The normalized spacial score (nSPS) is 18.3. The minimum Gasteiger partial charge on any atom is -0.456 e. The van der Waals surface area contributed by atoms with Gasteiger partial charge in [0.15, 0.2) is 0 Å². The summed E-state index contributed by atoms with van der Waals surface area (Å²) in [5, 5.41) is 4.83. The van der Waals surface area contributed by atoms with Gasteiger partial charge in [-0.1, -0.05) is 84.9 Å². The Balaban J connectivity index is 1.28. The molecule has 2 aliphatic rings. The number of anilines is 2. The number of fused-ring (bicyclic) bond motifs is 9. The molecule has 0 N–H and O–H groups in total. The molecule has 9 rings (SSSR count). The van der Waals surface area contributed by atoms with Gasteiger partial charge in [-0.3, -0.25) is 0 Å². The lowest BCUT2D eigenvalue weighted by Gasteiger charge is -2.30. The molecule has 7 aromatic rings. The monoisotopic (exact) mass is 500 g/mol. The fourth-order valence-corrected chi connectivity index (χ4v) is 6.84. The second-order valence-electron chi connectivity index (χ2n) is 10.5. The van der Waals surface area contributed by atoms with Gasteiger partial charge in [0.2, 0.25) is 0 Å². The average Bonchev–Trinajstić information content (AvgIpc) is 3.63. The fourth-order valence-electron chi connectivity index (χ4n) is 6.84. The Morgan fingerprint density at radius 1 is 0.590 bits per heavy atom. The summed E-state index contributed by atoms with van der Waals surface area (Å²) in [6.45, 7) is 0. The topological polar surface area (TPSA) is 21.3 Å². The van der Waals surface area contributed by atoms with E-state index in [9.17, 15) is 0 Å². The van der Waals surface area contributed by atoms with E-state index >= 15 is 0 Å². The summed E-state index contributed by atoms with van der Waals surface area (Å²) in [7, 11) is 0. The molecule has 0 saturated heterocycles. The number of nitrogens with zero attached hydrogens (tertiary/aromatic N) is 2. The number of furan rings is 1. The highest BCUT2D eigenvalue weighted by molar-refractivity contribution is 6.18. The molecule has 2 atom stereocenters. The molecule has 0 radical (unpaired) electrons. The molecule has 0 fully saturated rings. The van der Waals surface area contributed by atoms with Crippen LogP contribution in [-0.2, 0) is 0 Å². The number of hydrogen-bond acceptors (Lipinski definition) is 2. The Kier molecular flexibility index (Phi) is 4.17. The van der Waals surface area contributed by atoms with E-state index in [-0.39, 0.29) is 12.0 Å². The minimum absolute atomic E-state index is 0.240. The number of para-hydroxylation sites is 4. The van der Waals surface area contributed by atoms with Crippen molar-refractivity contribution in [2.75, 3.05) is 4.90 Å². The van der Waals surface area contributed by atoms with Crippen molar-refractivity contribution in [2.24, 2.45) is 0 Å². The smallest absolute Gasteiger partial charge is 0.137 e. The quantitative estimate of drug-likeness (QED) is 0.236. The van der Waals surface area contributed by atoms with E-state index in [1.807, 2.05) is 6.07 Å². The number of allylic oxidation sites excluding steroid dienone is 2. The Morgan fingerprint density at radius 2 is 1.36 bits per heavy atom. The third kappa shape index (κ3) is 2.87. The predicted molar refractivity (Wildman–Crippen MR) is 162 cm³/mol. The van der Waals surface area contributed by atoms with Crippen LogP contribution in [0, 0.1) is 0 Å². The van der Waals surface area contributed by atoms with Gasteiger partial charge < -0.3 is 13.9 Å². The zero-order valence-electron chi connectivity index (χ0n) is 21.2. The van der Waals surface area contributed by atoms with Crippen molar-refractivity contribution in [3.05, 3.63) is 139 Å². The van der Waals surface area contributed by atoms with Crippen molar-refractivity contribution in [2.45, 2.75) is 12.0 Å². The van der Waals surface area contributed by atoms with Gasteiger partial charge in [-0.25, -0.2) is 0 Å². The van der Waals surface area contributed by atoms with Crippen molar-refractivity contribution in [1.29, 1.82) is 0 Å². The molecule has 184 valence electrons. The van der Waals surface area contributed by atoms with Gasteiger partial charge in [0.05, 0.1) is 17.1 Å². The van der Waals surface area contributed by atoms with Crippen LogP contribution in [0.25, 0.3) is 49.4 Å². The van der Waals surface area contributed by atoms with Crippen LogP contribution in [0.3, 0.4) is 0 Å². The van der Waals surface area contributed by atoms with Crippen molar-refractivity contribution >= 4 is 60.8 Å². The SMILES string of the molecule is C1=CC2C(C=C1n1c3ccccc3c3cc4c(cc31)oc1ccccc14)c1ccccc1N2c1ccccc1. The summed E-state index contributed by atoms with van der Waals surface area (Å²) in [6.07, 6.45) is 7.15. The van der Waals surface area contributed by atoms with Crippen LogP contribution in [0.1, 0.15) is 11.5 Å². The van der Waals surface area contributed by atoms with Crippen molar-refractivity contribution in [3.63, 3.8) is 0 Å². The Labute approximate surface area is 225 Å². The van der Waals surface area contributed by atoms with E-state index in [0.29, 0.717) is 0 Å². The largest absolute Gasteiger partial charge is 0.456 e. The molecule has 1 aliphatic carbocycles. The lowest BCUT2D eigenvalue weighted by molar-refractivity contribution is 0.669. The number of rotatable bonds is 2. The van der Waals surface area contributed by atoms with Gasteiger partial charge in [-0.2, -0.15) is 0 Å². The van der Waals surface area contributed by atoms with Crippen LogP contribution < -0.4 is 4.90 Å². The molecule has 3 heterocycles. The summed E-state index contributed by atoms with van der Waals surface area (Å²) >= 11 is 0. The number of hydrogen-bond donors (Lipinski definition) is 0. The molecule has 2 aromatic heterocycles. The van der Waals surface area contributed by atoms with Gasteiger partial charge in [-0.15, -0.1) is 0 Å². The zero-order valence-corrected chi connectivity index (χ0v) is 21.2. The van der Waals surface area contributed by atoms with Gasteiger partial charge in [0.1, 0.15) is 11.2 Å². The van der Waals surface area contributed by atoms with Crippen LogP contribution in [0.2, 0.25) is 0 Å². The first-order valence-electron chi connectivity index (χ1n) is 13.5. The first-order valence-corrected chi connectivity index (χ1v) is 13.5. The molecule has 1 aliphatic heterocycles. The van der Waals surface area contributed by atoms with Crippen LogP contribution in [0.15, 0.2) is 138 Å². The molecular formula is C36H24N2O. The molecule has 3 heteroatoms. The number of aromatic nitrogens is 1. The average molecular weight is 501 g/mol. The molecule has 0 saturated carbocycles. The van der Waals surface area contributed by atoms with Gasteiger partial charge in [0, 0.05) is 50.6 Å². The lowest BCUT2D eigenvalue weighted by Crippen LogP contribution is -2.29. The first kappa shape index (κ1) is 21.0. The highest BCUT2D eigenvalue weighted by Crippen LogP contribution is 2.49. The summed E-state index contributed by atoms with van der Waals surface area (Å²) in [6, 6.07) is 41.4. The highest BCUT2D eigenvalue weighted by Gasteiger charge is 2.38. The maximum Gasteiger partial charge on any atom is 0.137 e. The maximum absolute atomic E-state index is 6.32. The molecule has 0 spiro atoms. The molecule has 2 unspecified atom stereocenters. The molecule has 3 nitrogen and oxygen atoms in total. The Hall–Kier alpha value is -5.02. The molecule has 39 heavy (non-hydrogen) atoms. The standard InChI is InChI=1S/C36H24N2O/c1-2-10-23(11-3-1)37-31-15-7-4-12-25(31)28-20-24(18-19-33(28)37)38-32-16-8-5-13-26(32)29-21-30-27-14-6-9-17-35(27)39-36(30)22-34(29)38/h1-22,28,33H.